The third-order valence-electron chi connectivity index (χ3n) is 5.66. The quantitative estimate of drug-likeness (QED) is 0.251. The molecule has 0 bridgehead atoms. The van der Waals surface area contributed by atoms with Crippen molar-refractivity contribution in [2.24, 2.45) is 0 Å². The van der Waals surface area contributed by atoms with E-state index in [4.69, 9.17) is 9.47 Å². The van der Waals surface area contributed by atoms with Gasteiger partial charge in [-0.05, 0) is 48.2 Å². The predicted molar refractivity (Wildman–Crippen MR) is 132 cm³/mol. The second-order valence-corrected chi connectivity index (χ2v) is 8.26. The highest BCUT2D eigenvalue weighted by Gasteiger charge is 2.09. The van der Waals surface area contributed by atoms with Crippen LogP contribution in [0.15, 0.2) is 91.0 Å². The average Bonchev–Trinajstić information content (AvgIpc) is 2.87. The molecule has 0 spiro atoms. The number of benzene rings is 3. The Morgan fingerprint density at radius 2 is 1.61 bits per heavy atom. The largest absolute Gasteiger partial charge is 0.487 e. The molecule has 170 valence electrons. The monoisotopic (exact) mass is 441 g/mol. The van der Waals surface area contributed by atoms with Gasteiger partial charge in [-0.2, -0.15) is 0 Å². The number of hydrogen-bond acceptors (Lipinski definition) is 4. The highest BCUT2D eigenvalue weighted by atomic mass is 16.5. The van der Waals surface area contributed by atoms with Gasteiger partial charge in [-0.15, -0.1) is 0 Å². The van der Waals surface area contributed by atoms with Crippen LogP contribution in [0.4, 0.5) is 0 Å². The van der Waals surface area contributed by atoms with Crippen LogP contribution in [0.3, 0.4) is 0 Å². The minimum atomic E-state index is -0.488. The Morgan fingerprint density at radius 1 is 0.758 bits per heavy atom. The molecule has 0 radical (unpaired) electrons. The summed E-state index contributed by atoms with van der Waals surface area (Å²) < 4.78 is 11.7. The van der Waals surface area contributed by atoms with E-state index in [0.29, 0.717) is 13.2 Å². The maximum atomic E-state index is 10.6. The summed E-state index contributed by atoms with van der Waals surface area (Å²) in [4.78, 5) is 4.65. The van der Waals surface area contributed by atoms with E-state index in [9.17, 15) is 5.11 Å². The summed E-state index contributed by atoms with van der Waals surface area (Å²) >= 11 is 0. The standard InChI is InChI=1S/C29H31NO3/c31-29(16-5-2-8-19-32-21-23-10-3-1-4-11-23)25-13-9-14-27(20-25)33-22-26-18-17-24-12-6-7-15-28(24)30-26/h1,3-4,6-7,9-15,17-18,20,29,31H,2,5,8,16,19,21-22H2. The Morgan fingerprint density at radius 3 is 2.52 bits per heavy atom. The number of aliphatic hydroxyl groups excluding tert-OH is 1. The van der Waals surface area contributed by atoms with E-state index in [-0.39, 0.29) is 0 Å². The molecule has 4 heteroatoms. The van der Waals surface area contributed by atoms with Crippen LogP contribution >= 0.6 is 0 Å². The molecule has 4 rings (SSSR count). The first-order valence-corrected chi connectivity index (χ1v) is 11.6. The van der Waals surface area contributed by atoms with Crippen LogP contribution in [0.25, 0.3) is 10.9 Å². The van der Waals surface area contributed by atoms with Crippen LogP contribution in [0.2, 0.25) is 0 Å². The van der Waals surface area contributed by atoms with Gasteiger partial charge in [0.05, 0.1) is 23.9 Å². The van der Waals surface area contributed by atoms with Gasteiger partial charge in [-0.25, -0.2) is 4.98 Å². The number of fused-ring (bicyclic) bond motifs is 1. The Bertz CT molecular complexity index is 1130. The Balaban J connectivity index is 1.17. The molecular formula is C29H31NO3. The maximum absolute atomic E-state index is 10.6. The van der Waals surface area contributed by atoms with Gasteiger partial charge in [0, 0.05) is 12.0 Å². The number of aromatic nitrogens is 1. The van der Waals surface area contributed by atoms with E-state index >= 15 is 0 Å². The molecule has 4 nitrogen and oxygen atoms in total. The number of hydrogen-bond donors (Lipinski definition) is 1. The van der Waals surface area contributed by atoms with Crippen LogP contribution in [-0.2, 0) is 18.0 Å². The lowest BCUT2D eigenvalue weighted by Gasteiger charge is -2.13. The van der Waals surface area contributed by atoms with Crippen molar-refractivity contribution < 1.29 is 14.6 Å². The molecular weight excluding hydrogens is 410 g/mol. The van der Waals surface area contributed by atoms with Gasteiger partial charge in [-0.3, -0.25) is 0 Å². The van der Waals surface area contributed by atoms with Crippen LogP contribution < -0.4 is 4.74 Å². The number of rotatable bonds is 12. The molecule has 0 aliphatic rings. The molecule has 4 aromatic rings. The fraction of sp³-hybridized carbons (Fsp3) is 0.276. The first-order valence-electron chi connectivity index (χ1n) is 11.6. The number of aliphatic hydroxyl groups is 1. The molecule has 3 aromatic carbocycles. The second kappa shape index (κ2) is 12.1. The van der Waals surface area contributed by atoms with E-state index in [1.165, 1.54) is 5.56 Å². The van der Waals surface area contributed by atoms with Gasteiger partial charge >= 0.3 is 0 Å². The summed E-state index contributed by atoms with van der Waals surface area (Å²) in [5.74, 6) is 0.746. The van der Waals surface area contributed by atoms with E-state index < -0.39 is 6.10 Å². The van der Waals surface area contributed by atoms with E-state index in [0.717, 1.165) is 60.2 Å². The maximum Gasteiger partial charge on any atom is 0.130 e. The average molecular weight is 442 g/mol. The van der Waals surface area contributed by atoms with Crippen molar-refractivity contribution in [2.75, 3.05) is 6.61 Å². The van der Waals surface area contributed by atoms with E-state index in [1.54, 1.807) is 0 Å². The third kappa shape index (κ3) is 7.14. The minimum absolute atomic E-state index is 0.396. The molecule has 0 aliphatic carbocycles. The SMILES string of the molecule is OC(CCCCCOCc1ccccc1)c1cccc(OCc2ccc3ccccc3n2)c1. The number of unbranched alkanes of at least 4 members (excludes halogenated alkanes) is 2. The zero-order valence-corrected chi connectivity index (χ0v) is 18.9. The van der Waals surface area contributed by atoms with E-state index in [2.05, 4.69) is 29.2 Å². The van der Waals surface area contributed by atoms with Crippen molar-refractivity contribution in [1.29, 1.82) is 0 Å². The molecule has 0 aliphatic heterocycles. The number of nitrogens with zero attached hydrogens (tertiary/aromatic N) is 1. The number of para-hydroxylation sites is 1. The van der Waals surface area contributed by atoms with Crippen molar-refractivity contribution in [3.63, 3.8) is 0 Å². The lowest BCUT2D eigenvalue weighted by Crippen LogP contribution is -2.01. The van der Waals surface area contributed by atoms with Crippen molar-refractivity contribution >= 4 is 10.9 Å². The molecule has 1 aromatic heterocycles. The van der Waals surface area contributed by atoms with Crippen LogP contribution in [0.1, 0.15) is 48.6 Å². The molecule has 1 heterocycles. The highest BCUT2D eigenvalue weighted by molar-refractivity contribution is 5.78. The molecule has 33 heavy (non-hydrogen) atoms. The zero-order valence-electron chi connectivity index (χ0n) is 18.9. The summed E-state index contributed by atoms with van der Waals surface area (Å²) in [7, 11) is 0. The Kier molecular flexibility index (Phi) is 8.45. The molecule has 1 unspecified atom stereocenters. The van der Waals surface area contributed by atoms with Crippen molar-refractivity contribution in [3.05, 3.63) is 108 Å². The normalized spacial score (nSPS) is 12.0. The molecule has 0 fully saturated rings. The van der Waals surface area contributed by atoms with Crippen LogP contribution in [0.5, 0.6) is 5.75 Å². The molecule has 0 saturated heterocycles. The van der Waals surface area contributed by atoms with E-state index in [1.807, 2.05) is 66.7 Å². The second-order valence-electron chi connectivity index (χ2n) is 8.26. The lowest BCUT2D eigenvalue weighted by atomic mass is 10.0. The van der Waals surface area contributed by atoms with Gasteiger partial charge < -0.3 is 14.6 Å². The van der Waals surface area contributed by atoms with Gasteiger partial charge in [-0.1, -0.05) is 79.6 Å². The van der Waals surface area contributed by atoms with Gasteiger partial charge in [0.25, 0.3) is 0 Å². The summed E-state index contributed by atoms with van der Waals surface area (Å²) in [5.41, 5.74) is 3.94. The van der Waals surface area contributed by atoms with Crippen molar-refractivity contribution in [2.45, 2.75) is 45.0 Å². The smallest absolute Gasteiger partial charge is 0.130 e. The van der Waals surface area contributed by atoms with Gasteiger partial charge in [0.2, 0.25) is 0 Å². The molecule has 1 N–H and O–H groups in total. The predicted octanol–water partition coefficient (Wildman–Crippen LogP) is 6.62. The van der Waals surface area contributed by atoms with Crippen LogP contribution in [0, 0.1) is 0 Å². The minimum Gasteiger partial charge on any atom is -0.487 e. The number of pyridine rings is 1. The molecule has 0 amide bonds. The number of ether oxygens (including phenoxy) is 2. The van der Waals surface area contributed by atoms with Gasteiger partial charge in [0.15, 0.2) is 0 Å². The Labute approximate surface area is 195 Å². The lowest BCUT2D eigenvalue weighted by molar-refractivity contribution is 0.114. The summed E-state index contributed by atoms with van der Waals surface area (Å²) in [6.45, 7) is 1.80. The Hall–Kier alpha value is -3.21. The fourth-order valence-corrected chi connectivity index (χ4v) is 3.81. The van der Waals surface area contributed by atoms with Crippen molar-refractivity contribution in [3.8, 4) is 5.75 Å². The zero-order chi connectivity index (χ0) is 22.7. The first-order chi connectivity index (χ1) is 16.3. The van der Waals surface area contributed by atoms with Gasteiger partial charge in [0.1, 0.15) is 12.4 Å². The molecule has 0 saturated carbocycles. The highest BCUT2D eigenvalue weighted by Crippen LogP contribution is 2.24. The molecule has 1 atom stereocenters. The third-order valence-corrected chi connectivity index (χ3v) is 5.66. The summed E-state index contributed by atoms with van der Waals surface area (Å²) in [6.07, 6.45) is 3.24. The topological polar surface area (TPSA) is 51.6 Å². The fourth-order valence-electron chi connectivity index (χ4n) is 3.81. The van der Waals surface area contributed by atoms with Crippen LogP contribution in [-0.4, -0.2) is 16.7 Å². The first kappa shape index (κ1) is 23.0. The summed E-state index contributed by atoms with van der Waals surface area (Å²) in [6, 6.07) is 30.1. The van der Waals surface area contributed by atoms with Crippen molar-refractivity contribution in [1.82, 2.24) is 4.98 Å². The summed E-state index contributed by atoms with van der Waals surface area (Å²) in [5, 5.41) is 11.7.